The van der Waals surface area contributed by atoms with Gasteiger partial charge in [0.05, 0.1) is 16.1 Å². The molecule has 0 radical (unpaired) electrons. The third kappa shape index (κ3) is 4.90. The van der Waals surface area contributed by atoms with E-state index in [-0.39, 0.29) is 24.2 Å². The van der Waals surface area contributed by atoms with Crippen LogP contribution < -0.4 is 5.32 Å². The number of nitrogens with zero attached hydrogens (tertiary/aromatic N) is 1. The number of ketones is 1. The number of halogens is 3. The van der Waals surface area contributed by atoms with Gasteiger partial charge in [-0.3, -0.25) is 10.1 Å². The molecule has 1 saturated heterocycles. The molecule has 0 aromatic heterocycles. The summed E-state index contributed by atoms with van der Waals surface area (Å²) in [6.07, 6.45) is 3.88. The Kier molecular flexibility index (Phi) is 7.41. The molecule has 1 N–H and O–H groups in total. The third-order valence-electron chi connectivity index (χ3n) is 5.60. The fraction of sp³-hybridized carbons (Fsp3) is 0.409. The quantitative estimate of drug-likeness (QED) is 0.721. The Morgan fingerprint density at radius 3 is 2.57 bits per heavy atom. The second-order valence-corrected chi connectivity index (χ2v) is 8.41. The molecule has 2 aromatic carbocycles. The van der Waals surface area contributed by atoms with Crippen molar-refractivity contribution in [1.29, 1.82) is 0 Å². The van der Waals surface area contributed by atoms with Gasteiger partial charge in [0.2, 0.25) is 0 Å². The molecule has 150 valence electrons. The highest BCUT2D eigenvalue weighted by Crippen LogP contribution is 2.29. The van der Waals surface area contributed by atoms with Crippen molar-refractivity contribution in [3.8, 4) is 0 Å². The molecular weight excluding hydrogens is 415 g/mol. The first-order chi connectivity index (χ1) is 13.1. The van der Waals surface area contributed by atoms with Gasteiger partial charge in [0.25, 0.3) is 0 Å². The number of Topliss-reactive ketones (excluding diaryl/α,β-unsaturated/α-hetero) is 1. The fourth-order valence-corrected chi connectivity index (χ4v) is 4.59. The molecule has 2 atom stereocenters. The lowest BCUT2D eigenvalue weighted by atomic mass is 9.86. The minimum absolute atomic E-state index is 0. The van der Waals surface area contributed by atoms with Crippen molar-refractivity contribution < 1.29 is 4.79 Å². The minimum atomic E-state index is -0.267. The van der Waals surface area contributed by atoms with E-state index in [1.165, 1.54) is 31.5 Å². The number of fused-ring (bicyclic) bond motifs is 1. The van der Waals surface area contributed by atoms with E-state index in [0.717, 1.165) is 24.1 Å². The average molecular weight is 440 g/mol. The van der Waals surface area contributed by atoms with Gasteiger partial charge in [-0.05, 0) is 61.2 Å². The zero-order valence-corrected chi connectivity index (χ0v) is 18.0. The van der Waals surface area contributed by atoms with Crippen LogP contribution in [0.5, 0.6) is 0 Å². The summed E-state index contributed by atoms with van der Waals surface area (Å²) in [5.74, 6) is 0.173. The van der Waals surface area contributed by atoms with Gasteiger partial charge in [-0.2, -0.15) is 0 Å². The van der Waals surface area contributed by atoms with Crippen LogP contribution in [0.4, 0.5) is 0 Å². The highest BCUT2D eigenvalue weighted by Gasteiger charge is 2.31. The lowest BCUT2D eigenvalue weighted by Crippen LogP contribution is -2.48. The van der Waals surface area contributed by atoms with Crippen LogP contribution in [0, 0.1) is 0 Å². The van der Waals surface area contributed by atoms with Crippen LogP contribution in [0.1, 0.15) is 35.6 Å². The number of benzene rings is 2. The average Bonchev–Trinajstić information content (AvgIpc) is 3.17. The predicted molar refractivity (Wildman–Crippen MR) is 118 cm³/mol. The van der Waals surface area contributed by atoms with Crippen LogP contribution in [0.15, 0.2) is 42.5 Å². The largest absolute Gasteiger partial charge is 0.302 e. The van der Waals surface area contributed by atoms with Gasteiger partial charge in [0.1, 0.15) is 0 Å². The normalized spacial score (nSPS) is 21.8. The lowest BCUT2D eigenvalue weighted by Gasteiger charge is -2.34. The van der Waals surface area contributed by atoms with Crippen LogP contribution in [-0.4, -0.2) is 36.4 Å². The van der Waals surface area contributed by atoms with Crippen molar-refractivity contribution >= 4 is 41.4 Å². The fourth-order valence-electron chi connectivity index (χ4n) is 4.26. The summed E-state index contributed by atoms with van der Waals surface area (Å²) in [7, 11) is 0. The van der Waals surface area contributed by atoms with Crippen LogP contribution >= 0.6 is 35.6 Å². The van der Waals surface area contributed by atoms with Crippen LogP contribution in [0.2, 0.25) is 10.0 Å². The smallest absolute Gasteiger partial charge is 0.158 e. The summed E-state index contributed by atoms with van der Waals surface area (Å²) in [6, 6.07) is 13.8. The summed E-state index contributed by atoms with van der Waals surface area (Å²) >= 11 is 12.1. The lowest BCUT2D eigenvalue weighted by molar-refractivity contribution is -0.121. The van der Waals surface area contributed by atoms with Crippen molar-refractivity contribution in [3.05, 3.63) is 69.2 Å². The van der Waals surface area contributed by atoms with E-state index in [2.05, 4.69) is 28.4 Å². The van der Waals surface area contributed by atoms with E-state index in [4.69, 9.17) is 23.2 Å². The molecule has 2 aliphatic heterocycles. The van der Waals surface area contributed by atoms with Crippen LogP contribution in [0.3, 0.4) is 0 Å². The molecule has 2 heterocycles. The molecular formula is C22H25Cl3N2O. The molecule has 6 heteroatoms. The Morgan fingerprint density at radius 1 is 1.07 bits per heavy atom. The number of nitrogens with one attached hydrogen (secondary N) is 1. The van der Waals surface area contributed by atoms with Crippen molar-refractivity contribution in [2.75, 3.05) is 19.6 Å². The van der Waals surface area contributed by atoms with Crippen LogP contribution in [-0.2, 0) is 17.6 Å². The van der Waals surface area contributed by atoms with Gasteiger partial charge in [-0.15, -0.1) is 12.4 Å². The molecule has 2 aliphatic rings. The number of hydrogen-bond donors (Lipinski definition) is 1. The number of likely N-dealkylation sites (tertiary alicyclic amines) is 1. The second kappa shape index (κ2) is 9.60. The molecule has 0 spiro atoms. The summed E-state index contributed by atoms with van der Waals surface area (Å²) in [4.78, 5) is 15.7. The van der Waals surface area contributed by atoms with Gasteiger partial charge in [-0.1, -0.05) is 53.5 Å². The van der Waals surface area contributed by atoms with Crippen molar-refractivity contribution in [1.82, 2.24) is 10.2 Å². The maximum Gasteiger partial charge on any atom is 0.158 e. The van der Waals surface area contributed by atoms with Crippen molar-refractivity contribution in [2.24, 2.45) is 0 Å². The second-order valence-electron chi connectivity index (χ2n) is 7.60. The van der Waals surface area contributed by atoms with E-state index < -0.39 is 0 Å². The number of carbonyl (C=O) groups is 1. The Hall–Kier alpha value is -1.10. The Bertz CT molecular complexity index is 836. The van der Waals surface area contributed by atoms with Gasteiger partial charge in [0, 0.05) is 19.0 Å². The van der Waals surface area contributed by atoms with E-state index in [1.807, 2.05) is 12.1 Å². The first kappa shape index (κ1) is 21.6. The molecule has 3 nitrogen and oxygen atoms in total. The number of rotatable bonds is 5. The Balaban J connectivity index is 0.00000225. The molecule has 4 rings (SSSR count). The maximum atomic E-state index is 13.2. The highest BCUT2D eigenvalue weighted by atomic mass is 35.5. The summed E-state index contributed by atoms with van der Waals surface area (Å²) in [5, 5.41) is 4.64. The predicted octanol–water partition coefficient (Wildman–Crippen LogP) is 4.88. The van der Waals surface area contributed by atoms with E-state index >= 15 is 0 Å². The van der Waals surface area contributed by atoms with E-state index in [0.29, 0.717) is 22.5 Å². The third-order valence-corrected chi connectivity index (χ3v) is 6.34. The Morgan fingerprint density at radius 2 is 1.82 bits per heavy atom. The summed E-state index contributed by atoms with van der Waals surface area (Å²) in [5.41, 5.74) is 3.29. The standard InChI is InChI=1S/C22H24Cl2N2O.ClH/c23-19-8-7-15(11-20(19)24)12-21(27)22-18-6-2-1-5-16(18)13-17(25-22)14-26-9-3-4-10-26;/h1-2,5-8,11,17,22,25H,3-4,9-10,12-14H2;1H/t17?,22-;/m0./s1. The zero-order chi connectivity index (χ0) is 18.8. The topological polar surface area (TPSA) is 32.3 Å². The first-order valence-corrected chi connectivity index (χ1v) is 10.4. The van der Waals surface area contributed by atoms with E-state index in [9.17, 15) is 4.79 Å². The summed E-state index contributed by atoms with van der Waals surface area (Å²) < 4.78 is 0. The van der Waals surface area contributed by atoms with Crippen LogP contribution in [0.25, 0.3) is 0 Å². The molecule has 0 aliphatic carbocycles. The van der Waals surface area contributed by atoms with Crippen molar-refractivity contribution in [2.45, 2.75) is 37.8 Å². The SMILES string of the molecule is Cl.O=C(Cc1ccc(Cl)c(Cl)c1)[C@H]1NC(CN2CCCC2)Cc2ccccc21. The monoisotopic (exact) mass is 438 g/mol. The molecule has 0 amide bonds. The van der Waals surface area contributed by atoms with Gasteiger partial charge in [0.15, 0.2) is 5.78 Å². The van der Waals surface area contributed by atoms with Gasteiger partial charge in [-0.25, -0.2) is 0 Å². The molecule has 2 aromatic rings. The van der Waals surface area contributed by atoms with Crippen molar-refractivity contribution in [3.63, 3.8) is 0 Å². The minimum Gasteiger partial charge on any atom is -0.302 e. The number of hydrogen-bond acceptors (Lipinski definition) is 3. The van der Waals surface area contributed by atoms with Gasteiger partial charge >= 0.3 is 0 Å². The molecule has 1 unspecified atom stereocenters. The molecule has 0 bridgehead atoms. The van der Waals surface area contributed by atoms with Gasteiger partial charge < -0.3 is 4.90 Å². The molecule has 1 fully saturated rings. The summed E-state index contributed by atoms with van der Waals surface area (Å²) in [6.45, 7) is 3.34. The van der Waals surface area contributed by atoms with E-state index in [1.54, 1.807) is 12.1 Å². The maximum absolute atomic E-state index is 13.2. The first-order valence-electron chi connectivity index (χ1n) is 9.63. The zero-order valence-electron chi connectivity index (χ0n) is 15.7. The highest BCUT2D eigenvalue weighted by molar-refractivity contribution is 6.42. The molecule has 28 heavy (non-hydrogen) atoms. The molecule has 0 saturated carbocycles. The Labute approximate surface area is 182 Å². The number of carbonyl (C=O) groups excluding carboxylic acids is 1.